The van der Waals surface area contributed by atoms with Crippen LogP contribution >= 0.6 is 0 Å². The highest BCUT2D eigenvalue weighted by Crippen LogP contribution is 2.29. The van der Waals surface area contributed by atoms with Gasteiger partial charge in [0.25, 0.3) is 0 Å². The maximum absolute atomic E-state index is 12.7. The molecule has 25 heavy (non-hydrogen) atoms. The van der Waals surface area contributed by atoms with E-state index in [1.54, 1.807) is 6.07 Å². The molecule has 0 aliphatic heterocycles. The van der Waals surface area contributed by atoms with Crippen LogP contribution in [0.3, 0.4) is 0 Å². The fourth-order valence-corrected chi connectivity index (χ4v) is 2.09. The molecule has 2 rings (SSSR count). The number of alkyl halides is 3. The van der Waals surface area contributed by atoms with Crippen LogP contribution in [-0.4, -0.2) is 34.5 Å². The van der Waals surface area contributed by atoms with Gasteiger partial charge in [-0.05, 0) is 12.1 Å². The molecule has 0 saturated heterocycles. The van der Waals surface area contributed by atoms with Gasteiger partial charge in [-0.2, -0.15) is 13.2 Å². The molecule has 0 aliphatic carbocycles. The van der Waals surface area contributed by atoms with Crippen molar-refractivity contribution < 1.29 is 27.4 Å². The average Bonchev–Trinajstić information content (AvgIpc) is 2.83. The van der Waals surface area contributed by atoms with Gasteiger partial charge in [0, 0.05) is 18.8 Å². The van der Waals surface area contributed by atoms with Crippen LogP contribution in [0.4, 0.5) is 18.9 Å². The third-order valence-electron chi connectivity index (χ3n) is 3.26. The van der Waals surface area contributed by atoms with E-state index < -0.39 is 30.1 Å². The van der Waals surface area contributed by atoms with Crippen LogP contribution in [-0.2, 0) is 24.6 Å². The van der Waals surface area contributed by atoms with Crippen molar-refractivity contribution in [2.45, 2.75) is 12.7 Å². The third kappa shape index (κ3) is 3.92. The molecule has 0 unspecified atom stereocenters. The summed E-state index contributed by atoms with van der Waals surface area (Å²) >= 11 is 0. The van der Waals surface area contributed by atoms with E-state index in [4.69, 9.17) is 9.47 Å². The first kappa shape index (κ1) is 18.4. The number of hydrogen-bond donors (Lipinski definition) is 1. The van der Waals surface area contributed by atoms with Crippen molar-refractivity contribution in [1.29, 1.82) is 0 Å². The number of benzene rings is 1. The van der Waals surface area contributed by atoms with Crippen molar-refractivity contribution in [3.63, 3.8) is 0 Å². The molecule has 8 nitrogen and oxygen atoms in total. The molecule has 1 N–H and O–H groups in total. The molecule has 1 heterocycles. The van der Waals surface area contributed by atoms with Crippen LogP contribution in [0.5, 0.6) is 11.5 Å². The first-order chi connectivity index (χ1) is 11.7. The largest absolute Gasteiger partial charge is 0.493 e. The van der Waals surface area contributed by atoms with E-state index in [-0.39, 0.29) is 0 Å². The quantitative estimate of drug-likeness (QED) is 0.867. The van der Waals surface area contributed by atoms with E-state index in [0.29, 0.717) is 26.4 Å². The Morgan fingerprint density at radius 3 is 2.40 bits per heavy atom. The number of carbonyl (C=O) groups excluding carboxylic acids is 1. The topological polar surface area (TPSA) is 87.4 Å². The summed E-state index contributed by atoms with van der Waals surface area (Å²) in [6.45, 7) is -0.670. The third-order valence-corrected chi connectivity index (χ3v) is 3.26. The highest BCUT2D eigenvalue weighted by molar-refractivity contribution is 5.90. The smallest absolute Gasteiger partial charge is 0.451 e. The lowest BCUT2D eigenvalue weighted by Crippen LogP contribution is -2.29. The van der Waals surface area contributed by atoms with E-state index in [1.807, 2.05) is 0 Å². The van der Waals surface area contributed by atoms with Gasteiger partial charge in [0.1, 0.15) is 6.54 Å². The van der Waals surface area contributed by atoms with Crippen LogP contribution in [0, 0.1) is 0 Å². The number of rotatable bonds is 5. The summed E-state index contributed by atoms with van der Waals surface area (Å²) in [5.41, 5.74) is -0.725. The van der Waals surface area contributed by atoms with Crippen LogP contribution < -0.4 is 20.5 Å². The molecule has 0 saturated carbocycles. The summed E-state index contributed by atoms with van der Waals surface area (Å²) in [5.74, 6) is -1.30. The minimum absolute atomic E-state index is 0.322. The van der Waals surface area contributed by atoms with E-state index >= 15 is 0 Å². The van der Waals surface area contributed by atoms with Gasteiger partial charge in [-0.15, -0.1) is 5.10 Å². The predicted molar refractivity (Wildman–Crippen MR) is 80.6 cm³/mol. The molecule has 2 aromatic rings. The number of anilines is 1. The molecule has 0 bridgehead atoms. The lowest BCUT2D eigenvalue weighted by molar-refractivity contribution is -0.147. The normalized spacial score (nSPS) is 11.3. The summed E-state index contributed by atoms with van der Waals surface area (Å²) < 4.78 is 49.1. The van der Waals surface area contributed by atoms with Crippen LogP contribution in [0.15, 0.2) is 23.0 Å². The van der Waals surface area contributed by atoms with E-state index in [0.717, 1.165) is 7.05 Å². The van der Waals surface area contributed by atoms with Gasteiger partial charge < -0.3 is 14.8 Å². The zero-order valence-corrected chi connectivity index (χ0v) is 13.5. The Bertz CT molecular complexity index is 842. The molecule has 0 fully saturated rings. The molecule has 0 spiro atoms. The molecular formula is C14H15F3N4O4. The number of carbonyl (C=O) groups is 1. The predicted octanol–water partition coefficient (Wildman–Crippen LogP) is 1.26. The number of amides is 1. The number of nitrogens with one attached hydrogen (secondary N) is 1. The van der Waals surface area contributed by atoms with Gasteiger partial charge in [0.15, 0.2) is 11.5 Å². The summed E-state index contributed by atoms with van der Waals surface area (Å²) in [6, 6.07) is 4.53. The number of aromatic nitrogens is 3. The summed E-state index contributed by atoms with van der Waals surface area (Å²) in [7, 11) is 3.79. The standard InChI is InChI=1S/C14H15F3N4O4/c1-20-12(14(15,16)17)19-21(13(20)23)7-11(22)18-8-4-5-9(24-2)10(6-8)25-3/h4-6H,7H2,1-3H3,(H,18,22). The summed E-state index contributed by atoms with van der Waals surface area (Å²) in [5, 5.41) is 5.61. The van der Waals surface area contributed by atoms with Gasteiger partial charge >= 0.3 is 11.9 Å². The van der Waals surface area contributed by atoms with Crippen LogP contribution in [0.2, 0.25) is 0 Å². The number of halogens is 3. The van der Waals surface area contributed by atoms with E-state index in [1.165, 1.54) is 26.4 Å². The average molecular weight is 360 g/mol. The van der Waals surface area contributed by atoms with E-state index in [2.05, 4.69) is 10.4 Å². The van der Waals surface area contributed by atoms with Gasteiger partial charge in [-0.3, -0.25) is 9.36 Å². The molecule has 0 atom stereocenters. The van der Waals surface area contributed by atoms with Gasteiger partial charge in [0.05, 0.1) is 14.2 Å². The Balaban J connectivity index is 2.17. The van der Waals surface area contributed by atoms with Gasteiger partial charge in [-0.25, -0.2) is 9.48 Å². The Morgan fingerprint density at radius 2 is 1.88 bits per heavy atom. The second-order valence-electron chi connectivity index (χ2n) is 4.94. The Kier molecular flexibility index (Phi) is 5.04. The summed E-state index contributed by atoms with van der Waals surface area (Å²) in [6.07, 6.45) is -4.79. The maximum Gasteiger partial charge on any atom is 0.451 e. The minimum Gasteiger partial charge on any atom is -0.493 e. The van der Waals surface area contributed by atoms with Crippen molar-refractivity contribution in [2.24, 2.45) is 7.05 Å². The second kappa shape index (κ2) is 6.87. The van der Waals surface area contributed by atoms with Crippen molar-refractivity contribution in [1.82, 2.24) is 14.3 Å². The van der Waals surface area contributed by atoms with Crippen molar-refractivity contribution in [3.8, 4) is 11.5 Å². The second-order valence-corrected chi connectivity index (χ2v) is 4.94. The monoisotopic (exact) mass is 360 g/mol. The fraction of sp³-hybridized carbons (Fsp3) is 0.357. The minimum atomic E-state index is -4.79. The lowest BCUT2D eigenvalue weighted by Gasteiger charge is -2.10. The van der Waals surface area contributed by atoms with Gasteiger partial charge in [-0.1, -0.05) is 0 Å². The SMILES string of the molecule is COc1ccc(NC(=O)Cn2nc(C(F)(F)F)n(C)c2=O)cc1OC. The zero-order chi connectivity index (χ0) is 18.8. The van der Waals surface area contributed by atoms with Crippen molar-refractivity contribution in [2.75, 3.05) is 19.5 Å². The molecule has 1 amide bonds. The lowest BCUT2D eigenvalue weighted by atomic mass is 10.2. The fourth-order valence-electron chi connectivity index (χ4n) is 2.09. The molecule has 1 aromatic heterocycles. The number of ether oxygens (including phenoxy) is 2. The van der Waals surface area contributed by atoms with E-state index in [9.17, 15) is 22.8 Å². The zero-order valence-electron chi connectivity index (χ0n) is 13.5. The van der Waals surface area contributed by atoms with Crippen LogP contribution in [0.1, 0.15) is 5.82 Å². The maximum atomic E-state index is 12.7. The first-order valence-corrected chi connectivity index (χ1v) is 6.90. The Hall–Kier alpha value is -2.98. The first-order valence-electron chi connectivity index (χ1n) is 6.90. The molecule has 136 valence electrons. The number of nitrogens with zero attached hydrogens (tertiary/aromatic N) is 3. The summed E-state index contributed by atoms with van der Waals surface area (Å²) in [4.78, 5) is 23.7. The molecule has 11 heteroatoms. The van der Waals surface area contributed by atoms with Crippen molar-refractivity contribution in [3.05, 3.63) is 34.5 Å². The highest BCUT2D eigenvalue weighted by atomic mass is 19.4. The molecule has 1 aromatic carbocycles. The van der Waals surface area contributed by atoms with Crippen molar-refractivity contribution >= 4 is 11.6 Å². The Morgan fingerprint density at radius 1 is 1.24 bits per heavy atom. The molecular weight excluding hydrogens is 345 g/mol. The molecule has 0 radical (unpaired) electrons. The molecule has 0 aliphatic rings. The Labute approximate surface area is 139 Å². The number of hydrogen-bond acceptors (Lipinski definition) is 5. The van der Waals surface area contributed by atoms with Gasteiger partial charge in [0.2, 0.25) is 11.7 Å². The highest BCUT2D eigenvalue weighted by Gasteiger charge is 2.38. The van der Waals surface area contributed by atoms with Crippen LogP contribution in [0.25, 0.3) is 0 Å². The number of methoxy groups -OCH3 is 2.